The van der Waals surface area contributed by atoms with Crippen LogP contribution >= 0.6 is 0 Å². The van der Waals surface area contributed by atoms with E-state index in [9.17, 15) is 0 Å². The SMILES string of the molecule is c1c2c(c(-c3nn[nH]n3)c3c1CCO3)CCC2. The highest BCUT2D eigenvalue weighted by molar-refractivity contribution is 5.73. The number of rotatable bonds is 1. The molecule has 0 saturated heterocycles. The summed E-state index contributed by atoms with van der Waals surface area (Å²) in [6.45, 7) is 0.767. The predicted octanol–water partition coefficient (Wildman–Crippen LogP) is 1.29. The van der Waals surface area contributed by atoms with Crippen LogP contribution in [0.25, 0.3) is 11.4 Å². The van der Waals surface area contributed by atoms with Crippen LogP contribution < -0.4 is 4.74 Å². The molecule has 86 valence electrons. The zero-order valence-electron chi connectivity index (χ0n) is 9.36. The van der Waals surface area contributed by atoms with Gasteiger partial charge in [0.1, 0.15) is 5.75 Å². The van der Waals surface area contributed by atoms with Gasteiger partial charge in [-0.2, -0.15) is 5.21 Å². The fraction of sp³-hybridized carbons (Fsp3) is 0.417. The Morgan fingerprint density at radius 3 is 3.06 bits per heavy atom. The van der Waals surface area contributed by atoms with Gasteiger partial charge >= 0.3 is 0 Å². The number of ether oxygens (including phenoxy) is 1. The molecule has 1 aromatic carbocycles. The van der Waals surface area contributed by atoms with Crippen molar-refractivity contribution in [2.24, 2.45) is 0 Å². The zero-order chi connectivity index (χ0) is 11.2. The summed E-state index contributed by atoms with van der Waals surface area (Å²) < 4.78 is 5.76. The van der Waals surface area contributed by atoms with E-state index >= 15 is 0 Å². The minimum atomic E-state index is 0.668. The van der Waals surface area contributed by atoms with Crippen molar-refractivity contribution in [1.82, 2.24) is 20.6 Å². The molecule has 0 radical (unpaired) electrons. The summed E-state index contributed by atoms with van der Waals surface area (Å²) in [7, 11) is 0. The molecular formula is C12H12N4O. The molecule has 1 N–H and O–H groups in total. The Morgan fingerprint density at radius 2 is 2.18 bits per heavy atom. The number of aryl methyl sites for hydroxylation is 1. The molecule has 0 bridgehead atoms. The van der Waals surface area contributed by atoms with Crippen molar-refractivity contribution in [2.45, 2.75) is 25.7 Å². The lowest BCUT2D eigenvalue weighted by atomic mass is 9.97. The smallest absolute Gasteiger partial charge is 0.208 e. The van der Waals surface area contributed by atoms with Crippen LogP contribution in [0.2, 0.25) is 0 Å². The van der Waals surface area contributed by atoms with Crippen molar-refractivity contribution >= 4 is 0 Å². The third kappa shape index (κ3) is 1.22. The number of nitrogens with zero attached hydrogens (tertiary/aromatic N) is 3. The van der Waals surface area contributed by atoms with Gasteiger partial charge < -0.3 is 4.74 Å². The molecule has 2 aliphatic rings. The second kappa shape index (κ2) is 3.29. The van der Waals surface area contributed by atoms with E-state index in [1.165, 1.54) is 23.1 Å². The van der Waals surface area contributed by atoms with Crippen molar-refractivity contribution in [3.8, 4) is 17.1 Å². The van der Waals surface area contributed by atoms with Crippen LogP contribution in [-0.4, -0.2) is 27.2 Å². The van der Waals surface area contributed by atoms with Crippen molar-refractivity contribution < 1.29 is 4.74 Å². The molecule has 5 heteroatoms. The van der Waals surface area contributed by atoms with E-state index < -0.39 is 0 Å². The maximum atomic E-state index is 5.76. The third-order valence-corrected chi connectivity index (χ3v) is 3.62. The summed E-state index contributed by atoms with van der Waals surface area (Å²) in [5.41, 5.74) is 5.16. The molecule has 0 amide bonds. The van der Waals surface area contributed by atoms with Crippen LogP contribution in [-0.2, 0) is 19.3 Å². The van der Waals surface area contributed by atoms with E-state index in [1.54, 1.807) is 0 Å². The maximum absolute atomic E-state index is 5.76. The third-order valence-electron chi connectivity index (χ3n) is 3.62. The summed E-state index contributed by atoms with van der Waals surface area (Å²) in [5, 5.41) is 14.4. The lowest BCUT2D eigenvalue weighted by Crippen LogP contribution is -1.96. The number of tetrazole rings is 1. The van der Waals surface area contributed by atoms with Crippen LogP contribution in [0.4, 0.5) is 0 Å². The van der Waals surface area contributed by atoms with Crippen molar-refractivity contribution in [2.75, 3.05) is 6.61 Å². The molecule has 2 heterocycles. The number of benzene rings is 1. The molecule has 1 aromatic heterocycles. The van der Waals surface area contributed by atoms with Gasteiger partial charge in [0.25, 0.3) is 0 Å². The predicted molar refractivity (Wildman–Crippen MR) is 60.8 cm³/mol. The first kappa shape index (κ1) is 9.15. The van der Waals surface area contributed by atoms with Crippen LogP contribution in [0.5, 0.6) is 5.75 Å². The number of fused-ring (bicyclic) bond motifs is 2. The van der Waals surface area contributed by atoms with Gasteiger partial charge in [0.05, 0.1) is 12.2 Å². The highest BCUT2D eigenvalue weighted by Gasteiger charge is 2.27. The topological polar surface area (TPSA) is 63.7 Å². The number of hydrogen-bond acceptors (Lipinski definition) is 4. The molecule has 0 atom stereocenters. The van der Waals surface area contributed by atoms with Gasteiger partial charge in [-0.05, 0) is 41.2 Å². The first-order valence-corrected chi connectivity index (χ1v) is 5.98. The molecule has 0 spiro atoms. The van der Waals surface area contributed by atoms with E-state index in [0.29, 0.717) is 5.82 Å². The fourth-order valence-corrected chi connectivity index (χ4v) is 2.90. The molecule has 0 fully saturated rings. The van der Waals surface area contributed by atoms with E-state index in [4.69, 9.17) is 4.74 Å². The molecule has 0 saturated carbocycles. The summed E-state index contributed by atoms with van der Waals surface area (Å²) in [4.78, 5) is 0. The van der Waals surface area contributed by atoms with E-state index in [1.807, 2.05) is 0 Å². The average molecular weight is 228 g/mol. The van der Waals surface area contributed by atoms with Crippen LogP contribution in [0, 0.1) is 0 Å². The van der Waals surface area contributed by atoms with Crippen LogP contribution in [0.3, 0.4) is 0 Å². The minimum absolute atomic E-state index is 0.668. The summed E-state index contributed by atoms with van der Waals surface area (Å²) in [6, 6.07) is 2.30. The van der Waals surface area contributed by atoms with Gasteiger partial charge in [0.2, 0.25) is 5.82 Å². The molecule has 4 rings (SSSR count). The number of nitrogens with one attached hydrogen (secondary N) is 1. The fourth-order valence-electron chi connectivity index (χ4n) is 2.90. The first-order chi connectivity index (χ1) is 8.43. The summed E-state index contributed by atoms with van der Waals surface area (Å²) in [6.07, 6.45) is 4.46. The van der Waals surface area contributed by atoms with E-state index in [-0.39, 0.29) is 0 Å². The van der Waals surface area contributed by atoms with Crippen molar-refractivity contribution in [1.29, 1.82) is 0 Å². The molecule has 0 unspecified atom stereocenters. The zero-order valence-corrected chi connectivity index (χ0v) is 9.36. The summed E-state index contributed by atoms with van der Waals surface area (Å²) in [5.74, 6) is 1.65. The second-order valence-corrected chi connectivity index (χ2v) is 4.56. The van der Waals surface area contributed by atoms with E-state index in [0.717, 1.165) is 37.2 Å². The Balaban J connectivity index is 2.04. The van der Waals surface area contributed by atoms with Gasteiger partial charge in [-0.25, -0.2) is 0 Å². The van der Waals surface area contributed by atoms with Crippen molar-refractivity contribution in [3.63, 3.8) is 0 Å². The van der Waals surface area contributed by atoms with Crippen LogP contribution in [0.15, 0.2) is 6.07 Å². The average Bonchev–Trinajstić information content (AvgIpc) is 3.06. The molecule has 2 aromatic rings. The van der Waals surface area contributed by atoms with Gasteiger partial charge in [0.15, 0.2) is 0 Å². The Kier molecular flexibility index (Phi) is 1.77. The Bertz CT molecular complexity index is 544. The lowest BCUT2D eigenvalue weighted by molar-refractivity contribution is 0.357. The Morgan fingerprint density at radius 1 is 1.18 bits per heavy atom. The monoisotopic (exact) mass is 228 g/mol. The first-order valence-electron chi connectivity index (χ1n) is 5.98. The quantitative estimate of drug-likeness (QED) is 0.798. The minimum Gasteiger partial charge on any atom is -0.492 e. The number of hydrogen-bond donors (Lipinski definition) is 1. The molecule has 1 aliphatic heterocycles. The summed E-state index contributed by atoms with van der Waals surface area (Å²) >= 11 is 0. The maximum Gasteiger partial charge on any atom is 0.208 e. The van der Waals surface area contributed by atoms with Gasteiger partial charge in [-0.15, -0.1) is 10.2 Å². The standard InChI is InChI=1S/C12H12N4O/c1-2-7-6-8-4-5-17-11(8)10(9(7)3-1)12-13-15-16-14-12/h6H,1-5H2,(H,13,14,15,16). The molecule has 1 aliphatic carbocycles. The molecule has 5 nitrogen and oxygen atoms in total. The highest BCUT2D eigenvalue weighted by Crippen LogP contribution is 2.42. The molecular weight excluding hydrogens is 216 g/mol. The lowest BCUT2D eigenvalue weighted by Gasteiger charge is -2.10. The number of aromatic nitrogens is 4. The van der Waals surface area contributed by atoms with E-state index in [2.05, 4.69) is 26.7 Å². The Labute approximate surface area is 98.2 Å². The highest BCUT2D eigenvalue weighted by atomic mass is 16.5. The molecule has 17 heavy (non-hydrogen) atoms. The Hall–Kier alpha value is -1.91. The van der Waals surface area contributed by atoms with Gasteiger partial charge in [-0.3, -0.25) is 0 Å². The van der Waals surface area contributed by atoms with Crippen molar-refractivity contribution in [3.05, 3.63) is 22.8 Å². The van der Waals surface area contributed by atoms with Crippen LogP contribution in [0.1, 0.15) is 23.1 Å². The number of H-pyrrole nitrogens is 1. The van der Waals surface area contributed by atoms with Gasteiger partial charge in [0, 0.05) is 6.42 Å². The largest absolute Gasteiger partial charge is 0.492 e. The number of aromatic amines is 1. The second-order valence-electron chi connectivity index (χ2n) is 4.56. The van der Waals surface area contributed by atoms with Gasteiger partial charge in [-0.1, -0.05) is 6.07 Å². The normalized spacial score (nSPS) is 16.7.